The van der Waals surface area contributed by atoms with Gasteiger partial charge in [-0.05, 0) is 37.5 Å². The summed E-state index contributed by atoms with van der Waals surface area (Å²) >= 11 is 0. The van der Waals surface area contributed by atoms with Crippen molar-refractivity contribution in [2.45, 2.75) is 71.4 Å². The third-order valence-corrected chi connectivity index (χ3v) is 5.58. The van der Waals surface area contributed by atoms with Gasteiger partial charge in [0.15, 0.2) is 0 Å². The highest BCUT2D eigenvalue weighted by Gasteiger charge is 2.34. The number of methoxy groups -OCH3 is 1. The lowest BCUT2D eigenvalue weighted by molar-refractivity contribution is -0.155. The monoisotopic (exact) mass is 438 g/mol. The number of aromatic nitrogens is 3. The molecule has 0 aromatic carbocycles. The Bertz CT molecular complexity index is 757. The average molecular weight is 439 g/mol. The van der Waals surface area contributed by atoms with Crippen LogP contribution in [0.1, 0.15) is 64.6 Å². The summed E-state index contributed by atoms with van der Waals surface area (Å²) in [5.41, 5.74) is 0.379. The molecule has 0 bridgehead atoms. The molecular weight excluding hydrogens is 404 g/mol. The largest absolute Gasteiger partial charge is 0.481 e. The van der Waals surface area contributed by atoms with Gasteiger partial charge in [0, 0.05) is 12.7 Å². The van der Waals surface area contributed by atoms with E-state index in [9.17, 15) is 19.5 Å². The second-order valence-electron chi connectivity index (χ2n) is 9.06. The molecule has 0 saturated carbocycles. The number of esters is 2. The van der Waals surface area contributed by atoms with Crippen molar-refractivity contribution in [1.82, 2.24) is 20.3 Å². The first-order valence-electron chi connectivity index (χ1n) is 10.7. The highest BCUT2D eigenvalue weighted by molar-refractivity contribution is 5.79. The maximum Gasteiger partial charge on any atom is 0.322 e. The van der Waals surface area contributed by atoms with E-state index in [0.29, 0.717) is 19.4 Å². The number of carbonyl (C=O) groups excluding carboxylic acids is 2. The molecule has 2 N–H and O–H groups in total. The van der Waals surface area contributed by atoms with E-state index in [1.807, 2.05) is 6.20 Å². The molecule has 31 heavy (non-hydrogen) atoms. The minimum Gasteiger partial charge on any atom is -0.481 e. The van der Waals surface area contributed by atoms with Gasteiger partial charge in [0.05, 0.1) is 37.8 Å². The number of carboxylic acids is 1. The highest BCUT2D eigenvalue weighted by Crippen LogP contribution is 2.29. The van der Waals surface area contributed by atoms with Crippen LogP contribution in [0.4, 0.5) is 0 Å². The van der Waals surface area contributed by atoms with Crippen LogP contribution in [0.3, 0.4) is 0 Å². The Labute approximate surface area is 182 Å². The van der Waals surface area contributed by atoms with E-state index < -0.39 is 23.3 Å². The molecule has 0 radical (unpaired) electrons. The number of carbonyl (C=O) groups is 3. The van der Waals surface area contributed by atoms with Gasteiger partial charge in [0.1, 0.15) is 6.04 Å². The number of hydrogen-bond donors (Lipinski definition) is 2. The lowest BCUT2D eigenvalue weighted by atomic mass is 9.79. The fraction of sp³-hybridized carbons (Fsp3) is 0.762. The molecule has 0 aliphatic carbocycles. The number of nitrogens with zero attached hydrogens (tertiary/aromatic N) is 3. The lowest BCUT2D eigenvalue weighted by Crippen LogP contribution is -2.31. The van der Waals surface area contributed by atoms with Crippen LogP contribution in [0, 0.1) is 11.3 Å². The Morgan fingerprint density at radius 1 is 1.29 bits per heavy atom. The highest BCUT2D eigenvalue weighted by atomic mass is 16.5. The van der Waals surface area contributed by atoms with E-state index in [1.165, 1.54) is 7.11 Å². The summed E-state index contributed by atoms with van der Waals surface area (Å²) in [7, 11) is 1.38. The van der Waals surface area contributed by atoms with Crippen molar-refractivity contribution in [3.05, 3.63) is 11.9 Å². The molecule has 10 heteroatoms. The molecular formula is C21H34N4O6. The summed E-state index contributed by atoms with van der Waals surface area (Å²) in [6.07, 6.45) is 5.62. The van der Waals surface area contributed by atoms with E-state index in [1.54, 1.807) is 25.5 Å². The minimum atomic E-state index is -0.980. The second-order valence-corrected chi connectivity index (χ2v) is 9.06. The molecule has 2 heterocycles. The van der Waals surface area contributed by atoms with Crippen molar-refractivity contribution in [2.75, 3.05) is 20.3 Å². The van der Waals surface area contributed by atoms with Crippen molar-refractivity contribution in [1.29, 1.82) is 0 Å². The Balaban J connectivity index is 1.63. The van der Waals surface area contributed by atoms with Crippen molar-refractivity contribution in [3.63, 3.8) is 0 Å². The van der Waals surface area contributed by atoms with Crippen LogP contribution >= 0.6 is 0 Å². The van der Waals surface area contributed by atoms with Crippen LogP contribution in [-0.4, -0.2) is 64.3 Å². The molecule has 1 aliphatic rings. The van der Waals surface area contributed by atoms with Crippen LogP contribution in [0.2, 0.25) is 0 Å². The van der Waals surface area contributed by atoms with Gasteiger partial charge in [-0.1, -0.05) is 26.0 Å². The number of carboxylic acid groups (broad SMARTS) is 1. The van der Waals surface area contributed by atoms with Gasteiger partial charge in [0.2, 0.25) is 0 Å². The van der Waals surface area contributed by atoms with Crippen molar-refractivity contribution >= 4 is 17.9 Å². The van der Waals surface area contributed by atoms with Crippen molar-refractivity contribution in [2.24, 2.45) is 11.3 Å². The first-order chi connectivity index (χ1) is 14.6. The molecule has 0 amide bonds. The van der Waals surface area contributed by atoms with Crippen LogP contribution in [0.15, 0.2) is 6.20 Å². The van der Waals surface area contributed by atoms with Gasteiger partial charge in [-0.3, -0.25) is 14.4 Å². The fourth-order valence-corrected chi connectivity index (χ4v) is 3.61. The predicted molar refractivity (Wildman–Crippen MR) is 111 cm³/mol. The summed E-state index contributed by atoms with van der Waals surface area (Å²) in [5.74, 6) is -2.48. The number of aryl methyl sites for hydroxylation is 1. The third-order valence-electron chi connectivity index (χ3n) is 5.58. The summed E-state index contributed by atoms with van der Waals surface area (Å²) in [6, 6.07) is -0.230. The van der Waals surface area contributed by atoms with Crippen molar-refractivity contribution in [3.8, 4) is 0 Å². The molecule has 3 atom stereocenters. The fourth-order valence-electron chi connectivity index (χ4n) is 3.61. The van der Waals surface area contributed by atoms with Gasteiger partial charge in [-0.2, -0.15) is 0 Å². The van der Waals surface area contributed by atoms with E-state index in [0.717, 1.165) is 25.0 Å². The van der Waals surface area contributed by atoms with E-state index >= 15 is 0 Å². The van der Waals surface area contributed by atoms with Crippen molar-refractivity contribution < 1.29 is 29.0 Å². The summed E-state index contributed by atoms with van der Waals surface area (Å²) in [6.45, 7) is 6.33. The SMILES string of the molecule is COC(=O)[C@@H]1C[C@@H](n2cc(CCCCCOC(=O)C[C@H](C(=O)O)C(C)(C)C)nn2)CN1. The lowest BCUT2D eigenvalue weighted by Gasteiger charge is -2.26. The second kappa shape index (κ2) is 11.2. The van der Waals surface area contributed by atoms with Crippen LogP contribution < -0.4 is 5.32 Å². The molecule has 1 aromatic rings. The molecule has 2 rings (SSSR count). The zero-order valence-corrected chi connectivity index (χ0v) is 18.8. The molecule has 1 aromatic heterocycles. The Hall–Kier alpha value is -2.49. The number of ether oxygens (including phenoxy) is 2. The zero-order valence-electron chi connectivity index (χ0n) is 18.8. The number of nitrogens with one attached hydrogen (secondary N) is 1. The summed E-state index contributed by atoms with van der Waals surface area (Å²) < 4.78 is 11.8. The normalized spacial score (nSPS) is 19.7. The number of rotatable bonds is 11. The maximum absolute atomic E-state index is 11.9. The van der Waals surface area contributed by atoms with E-state index in [-0.39, 0.29) is 31.1 Å². The molecule has 1 fully saturated rings. The topological polar surface area (TPSA) is 133 Å². The number of aliphatic carboxylic acids is 1. The Morgan fingerprint density at radius 2 is 2.03 bits per heavy atom. The van der Waals surface area contributed by atoms with Crippen LogP contribution in [0.25, 0.3) is 0 Å². The quantitative estimate of drug-likeness (QED) is 0.391. The van der Waals surface area contributed by atoms with Gasteiger partial charge in [-0.15, -0.1) is 5.10 Å². The zero-order chi connectivity index (χ0) is 23.0. The molecule has 174 valence electrons. The molecule has 0 unspecified atom stereocenters. The molecule has 0 spiro atoms. The summed E-state index contributed by atoms with van der Waals surface area (Å²) in [4.78, 5) is 34.9. The summed E-state index contributed by atoms with van der Waals surface area (Å²) in [5, 5.41) is 20.8. The molecule has 10 nitrogen and oxygen atoms in total. The Morgan fingerprint density at radius 3 is 2.68 bits per heavy atom. The molecule has 1 saturated heterocycles. The smallest absolute Gasteiger partial charge is 0.322 e. The first-order valence-corrected chi connectivity index (χ1v) is 10.7. The Kier molecular flexibility index (Phi) is 8.97. The standard InChI is InChI=1S/C21H34N4O6/c1-21(2,3)16(19(27)28)11-18(26)31-9-7-5-6-8-14-13-25(24-23-14)15-10-17(22-12-15)20(29)30-4/h13,15-17,22H,5-12H2,1-4H3,(H,27,28)/t15-,16-,17+/m1/s1. The van der Waals surface area contributed by atoms with E-state index in [2.05, 4.69) is 15.6 Å². The number of unbranched alkanes of at least 4 members (excludes halogenated alkanes) is 2. The average Bonchev–Trinajstić information content (AvgIpc) is 3.36. The third kappa shape index (κ3) is 7.61. The van der Waals surface area contributed by atoms with Gasteiger partial charge in [-0.25, -0.2) is 4.68 Å². The van der Waals surface area contributed by atoms with Gasteiger partial charge >= 0.3 is 17.9 Å². The molecule has 1 aliphatic heterocycles. The van der Waals surface area contributed by atoms with Crippen LogP contribution in [-0.2, 0) is 30.3 Å². The van der Waals surface area contributed by atoms with Gasteiger partial charge in [0.25, 0.3) is 0 Å². The van der Waals surface area contributed by atoms with E-state index in [4.69, 9.17) is 9.47 Å². The van der Waals surface area contributed by atoms with Gasteiger partial charge < -0.3 is 19.9 Å². The van der Waals surface area contributed by atoms with Crippen LogP contribution in [0.5, 0.6) is 0 Å². The minimum absolute atomic E-state index is 0.0764. The number of hydrogen-bond acceptors (Lipinski definition) is 8. The first kappa shape index (κ1) is 24.8. The maximum atomic E-state index is 11.9. The predicted octanol–water partition coefficient (Wildman–Crippen LogP) is 1.75.